The smallest absolute Gasteiger partial charge is 0.338 e. The molecule has 2 heterocycles. The number of aryl methyl sites for hydroxylation is 1. The number of nitrogens with one attached hydrogen (secondary N) is 2. The van der Waals surface area contributed by atoms with Crippen molar-refractivity contribution in [1.29, 1.82) is 0 Å². The standard InChI is InChI=1S/C19H15N3O2/c1-11-15(19(23)24)16(12-7-3-2-4-8-12)17(20-11)18-21-13-9-5-6-10-14(13)22-18/h2-10,20H,1H3,(H,21,22)(H,23,24). The van der Waals surface area contributed by atoms with Gasteiger partial charge in [0, 0.05) is 11.3 Å². The van der Waals surface area contributed by atoms with Crippen molar-refractivity contribution in [1.82, 2.24) is 15.0 Å². The maximum Gasteiger partial charge on any atom is 0.338 e. The molecule has 0 atom stereocenters. The number of rotatable bonds is 3. The number of carboxylic acids is 1. The van der Waals surface area contributed by atoms with Crippen LogP contribution in [-0.2, 0) is 0 Å². The summed E-state index contributed by atoms with van der Waals surface area (Å²) < 4.78 is 0. The van der Waals surface area contributed by atoms with Crippen molar-refractivity contribution in [2.24, 2.45) is 0 Å². The molecule has 0 aliphatic heterocycles. The lowest BCUT2D eigenvalue weighted by molar-refractivity contribution is 0.0697. The normalized spacial score (nSPS) is 11.0. The fourth-order valence-corrected chi connectivity index (χ4v) is 3.03. The largest absolute Gasteiger partial charge is 0.478 e. The van der Waals surface area contributed by atoms with Crippen LogP contribution in [0.2, 0.25) is 0 Å². The number of aromatic carboxylic acids is 1. The van der Waals surface area contributed by atoms with Gasteiger partial charge in [0.05, 0.1) is 22.3 Å². The van der Waals surface area contributed by atoms with Gasteiger partial charge >= 0.3 is 5.97 Å². The van der Waals surface area contributed by atoms with Gasteiger partial charge in [0.25, 0.3) is 0 Å². The van der Waals surface area contributed by atoms with Crippen LogP contribution in [0, 0.1) is 6.92 Å². The zero-order valence-electron chi connectivity index (χ0n) is 13.0. The highest BCUT2D eigenvalue weighted by Gasteiger charge is 2.24. The Labute approximate surface area is 138 Å². The molecule has 118 valence electrons. The summed E-state index contributed by atoms with van der Waals surface area (Å²) in [5.74, 6) is -0.324. The third-order valence-electron chi connectivity index (χ3n) is 4.09. The van der Waals surface area contributed by atoms with Gasteiger partial charge in [-0.1, -0.05) is 42.5 Å². The minimum Gasteiger partial charge on any atom is -0.478 e. The molecule has 3 N–H and O–H groups in total. The van der Waals surface area contributed by atoms with Crippen LogP contribution in [0.25, 0.3) is 33.7 Å². The highest BCUT2D eigenvalue weighted by atomic mass is 16.4. The Balaban J connectivity index is 2.02. The fraction of sp³-hybridized carbons (Fsp3) is 0.0526. The predicted octanol–water partition coefficient (Wildman–Crippen LogP) is 4.23. The van der Waals surface area contributed by atoms with E-state index in [1.807, 2.05) is 54.6 Å². The fourth-order valence-electron chi connectivity index (χ4n) is 3.03. The number of aromatic amines is 2. The monoisotopic (exact) mass is 317 g/mol. The number of fused-ring (bicyclic) bond motifs is 1. The molecule has 24 heavy (non-hydrogen) atoms. The molecular weight excluding hydrogens is 302 g/mol. The van der Waals surface area contributed by atoms with Crippen LogP contribution in [0.15, 0.2) is 54.6 Å². The quantitative estimate of drug-likeness (QED) is 0.529. The number of hydrogen-bond acceptors (Lipinski definition) is 2. The minimum absolute atomic E-state index is 0.275. The summed E-state index contributed by atoms with van der Waals surface area (Å²) in [5, 5.41) is 9.66. The van der Waals surface area contributed by atoms with Gasteiger partial charge in [-0.2, -0.15) is 0 Å². The predicted molar refractivity (Wildman–Crippen MR) is 93.0 cm³/mol. The van der Waals surface area contributed by atoms with E-state index < -0.39 is 5.97 Å². The molecule has 0 amide bonds. The number of nitrogens with zero attached hydrogens (tertiary/aromatic N) is 1. The van der Waals surface area contributed by atoms with Gasteiger partial charge in [0.1, 0.15) is 0 Å². The molecule has 0 saturated heterocycles. The summed E-state index contributed by atoms with van der Waals surface area (Å²) in [6, 6.07) is 17.2. The Hall–Kier alpha value is -3.34. The number of hydrogen-bond donors (Lipinski definition) is 3. The van der Waals surface area contributed by atoms with E-state index in [2.05, 4.69) is 15.0 Å². The molecule has 0 saturated carbocycles. The Bertz CT molecular complexity index is 1010. The maximum atomic E-state index is 11.8. The molecular formula is C19H15N3O2. The number of carboxylic acid groups (broad SMARTS) is 1. The lowest BCUT2D eigenvalue weighted by Crippen LogP contribution is -1.99. The van der Waals surface area contributed by atoms with Crippen LogP contribution in [0.5, 0.6) is 0 Å². The number of para-hydroxylation sites is 2. The molecule has 0 aliphatic carbocycles. The van der Waals surface area contributed by atoms with E-state index in [4.69, 9.17) is 0 Å². The van der Waals surface area contributed by atoms with E-state index in [1.54, 1.807) is 6.92 Å². The topological polar surface area (TPSA) is 81.8 Å². The molecule has 0 radical (unpaired) electrons. The van der Waals surface area contributed by atoms with Crippen molar-refractivity contribution in [3.05, 3.63) is 65.9 Å². The third-order valence-corrected chi connectivity index (χ3v) is 4.09. The Morgan fingerprint density at radius 2 is 1.71 bits per heavy atom. The van der Waals surface area contributed by atoms with E-state index in [1.165, 1.54) is 0 Å². The second kappa shape index (κ2) is 5.38. The van der Waals surface area contributed by atoms with Gasteiger partial charge in [0.2, 0.25) is 0 Å². The van der Waals surface area contributed by atoms with Gasteiger partial charge < -0.3 is 15.1 Å². The van der Waals surface area contributed by atoms with E-state index >= 15 is 0 Å². The Morgan fingerprint density at radius 3 is 2.42 bits per heavy atom. The van der Waals surface area contributed by atoms with E-state index in [0.29, 0.717) is 22.8 Å². The average Bonchev–Trinajstić information content (AvgIpc) is 3.16. The van der Waals surface area contributed by atoms with Crippen LogP contribution < -0.4 is 0 Å². The summed E-state index contributed by atoms with van der Waals surface area (Å²) in [6.45, 7) is 1.77. The van der Waals surface area contributed by atoms with Crippen molar-refractivity contribution >= 4 is 17.0 Å². The molecule has 5 heteroatoms. The summed E-state index contributed by atoms with van der Waals surface area (Å²) in [5.41, 5.74) is 4.82. The van der Waals surface area contributed by atoms with Crippen LogP contribution in [0.3, 0.4) is 0 Å². The van der Waals surface area contributed by atoms with Crippen molar-refractivity contribution in [2.45, 2.75) is 6.92 Å². The number of aromatic nitrogens is 3. The third kappa shape index (κ3) is 2.18. The first-order valence-corrected chi connectivity index (χ1v) is 7.61. The molecule has 0 aliphatic rings. The second-order valence-corrected chi connectivity index (χ2v) is 5.65. The summed E-state index contributed by atoms with van der Waals surface area (Å²) >= 11 is 0. The van der Waals surface area contributed by atoms with Gasteiger partial charge in [-0.15, -0.1) is 0 Å². The highest BCUT2D eigenvalue weighted by molar-refractivity contribution is 6.02. The first-order chi connectivity index (χ1) is 11.6. The molecule has 0 unspecified atom stereocenters. The van der Waals surface area contributed by atoms with Crippen molar-refractivity contribution in [3.8, 4) is 22.6 Å². The first kappa shape index (κ1) is 14.3. The van der Waals surface area contributed by atoms with Gasteiger partial charge in [-0.05, 0) is 24.6 Å². The van der Waals surface area contributed by atoms with Gasteiger partial charge in [-0.3, -0.25) is 0 Å². The maximum absolute atomic E-state index is 11.8. The van der Waals surface area contributed by atoms with E-state index in [-0.39, 0.29) is 5.56 Å². The first-order valence-electron chi connectivity index (χ1n) is 7.61. The molecule has 5 nitrogen and oxygen atoms in total. The molecule has 4 aromatic rings. The van der Waals surface area contributed by atoms with Crippen LogP contribution in [-0.4, -0.2) is 26.0 Å². The summed E-state index contributed by atoms with van der Waals surface area (Å²) in [7, 11) is 0. The Kier molecular flexibility index (Phi) is 3.20. The number of benzene rings is 2. The van der Waals surface area contributed by atoms with Gasteiger partial charge in [-0.25, -0.2) is 9.78 Å². The lowest BCUT2D eigenvalue weighted by atomic mass is 10.00. The minimum atomic E-state index is -0.954. The summed E-state index contributed by atoms with van der Waals surface area (Å²) in [4.78, 5) is 22.8. The SMILES string of the molecule is Cc1[nH]c(-c2nc3ccccc3[nH]2)c(-c2ccccc2)c1C(=O)O. The highest BCUT2D eigenvalue weighted by Crippen LogP contribution is 2.36. The van der Waals surface area contributed by atoms with Crippen LogP contribution >= 0.6 is 0 Å². The van der Waals surface area contributed by atoms with Crippen molar-refractivity contribution < 1.29 is 9.90 Å². The lowest BCUT2D eigenvalue weighted by Gasteiger charge is -2.04. The van der Waals surface area contributed by atoms with Crippen LogP contribution in [0.4, 0.5) is 0 Å². The zero-order valence-corrected chi connectivity index (χ0v) is 13.0. The molecule has 0 fully saturated rings. The molecule has 4 rings (SSSR count). The second-order valence-electron chi connectivity index (χ2n) is 5.65. The summed E-state index contributed by atoms with van der Waals surface area (Å²) in [6.07, 6.45) is 0. The van der Waals surface area contributed by atoms with Crippen molar-refractivity contribution in [2.75, 3.05) is 0 Å². The van der Waals surface area contributed by atoms with E-state index in [9.17, 15) is 9.90 Å². The molecule has 0 spiro atoms. The number of H-pyrrole nitrogens is 2. The number of imidazole rings is 1. The molecule has 2 aromatic heterocycles. The zero-order chi connectivity index (χ0) is 16.7. The average molecular weight is 317 g/mol. The van der Waals surface area contributed by atoms with Crippen molar-refractivity contribution in [3.63, 3.8) is 0 Å². The Morgan fingerprint density at radius 1 is 1.00 bits per heavy atom. The van der Waals surface area contributed by atoms with E-state index in [0.717, 1.165) is 16.6 Å². The molecule has 2 aromatic carbocycles. The van der Waals surface area contributed by atoms with Gasteiger partial charge in [0.15, 0.2) is 5.82 Å². The molecule has 0 bridgehead atoms. The number of carbonyl (C=O) groups is 1. The van der Waals surface area contributed by atoms with Crippen LogP contribution in [0.1, 0.15) is 16.1 Å².